The van der Waals surface area contributed by atoms with E-state index in [1.807, 2.05) is 0 Å². The van der Waals surface area contributed by atoms with Gasteiger partial charge in [0, 0.05) is 25.6 Å². The fraction of sp³-hybridized carbons (Fsp3) is 0.500. The van der Waals surface area contributed by atoms with E-state index in [9.17, 15) is 22.4 Å². The van der Waals surface area contributed by atoms with Crippen molar-refractivity contribution in [3.63, 3.8) is 0 Å². The summed E-state index contributed by atoms with van der Waals surface area (Å²) < 4.78 is 44.9. The van der Waals surface area contributed by atoms with Crippen LogP contribution in [0, 0.1) is 5.82 Å². The summed E-state index contributed by atoms with van der Waals surface area (Å²) in [5, 5.41) is 3.34. The Labute approximate surface area is 235 Å². The molecule has 8 nitrogen and oxygen atoms in total. The molecule has 0 spiro atoms. The van der Waals surface area contributed by atoms with E-state index in [1.54, 1.807) is 31.2 Å². The molecule has 0 aliphatic heterocycles. The van der Waals surface area contributed by atoms with Crippen LogP contribution < -0.4 is 14.4 Å². The van der Waals surface area contributed by atoms with Gasteiger partial charge in [0.25, 0.3) is 0 Å². The Morgan fingerprint density at radius 1 is 1.13 bits per heavy atom. The molecule has 1 fully saturated rings. The lowest BCUT2D eigenvalue weighted by Gasteiger charge is -2.31. The second kappa shape index (κ2) is 14.0. The number of sulfonamides is 1. The lowest BCUT2D eigenvalue weighted by molar-refractivity contribution is -0.141. The summed E-state index contributed by atoms with van der Waals surface area (Å²) in [4.78, 5) is 28.0. The fourth-order valence-corrected chi connectivity index (χ4v) is 5.96. The van der Waals surface area contributed by atoms with Gasteiger partial charge in [-0.1, -0.05) is 43.0 Å². The van der Waals surface area contributed by atoms with Crippen molar-refractivity contribution in [3.8, 4) is 5.75 Å². The number of hydrogen-bond acceptors (Lipinski definition) is 5. The van der Waals surface area contributed by atoms with E-state index < -0.39 is 16.1 Å². The van der Waals surface area contributed by atoms with Gasteiger partial charge in [0.2, 0.25) is 21.8 Å². The van der Waals surface area contributed by atoms with Crippen molar-refractivity contribution >= 4 is 39.1 Å². The van der Waals surface area contributed by atoms with Crippen molar-refractivity contribution in [2.75, 3.05) is 24.2 Å². The van der Waals surface area contributed by atoms with Gasteiger partial charge >= 0.3 is 0 Å². The number of halogens is 2. The van der Waals surface area contributed by atoms with Gasteiger partial charge in [-0.25, -0.2) is 12.8 Å². The van der Waals surface area contributed by atoms with Crippen LogP contribution in [-0.4, -0.2) is 57.1 Å². The van der Waals surface area contributed by atoms with Crippen molar-refractivity contribution < 1.29 is 27.1 Å². The van der Waals surface area contributed by atoms with Crippen molar-refractivity contribution in [2.24, 2.45) is 0 Å². The van der Waals surface area contributed by atoms with Gasteiger partial charge in [-0.15, -0.1) is 0 Å². The molecule has 214 valence electrons. The molecule has 2 amide bonds. The summed E-state index contributed by atoms with van der Waals surface area (Å²) in [6.45, 7) is 1.85. The molecule has 0 saturated heterocycles. The van der Waals surface area contributed by atoms with Crippen molar-refractivity contribution in [3.05, 3.63) is 58.9 Å². The van der Waals surface area contributed by atoms with Gasteiger partial charge in [-0.2, -0.15) is 0 Å². The Bertz CT molecular complexity index is 1240. The second-order valence-corrected chi connectivity index (χ2v) is 12.2. The molecule has 0 aromatic heterocycles. The maximum Gasteiger partial charge on any atom is 0.242 e. The van der Waals surface area contributed by atoms with Crippen LogP contribution in [0.15, 0.2) is 42.5 Å². The van der Waals surface area contributed by atoms with E-state index in [2.05, 4.69) is 5.32 Å². The molecule has 1 aliphatic carbocycles. The van der Waals surface area contributed by atoms with E-state index in [0.29, 0.717) is 17.0 Å². The van der Waals surface area contributed by atoms with Crippen LogP contribution in [0.25, 0.3) is 0 Å². The Hall–Kier alpha value is -2.85. The molecule has 11 heteroatoms. The van der Waals surface area contributed by atoms with E-state index in [0.717, 1.165) is 38.4 Å². The van der Waals surface area contributed by atoms with Gasteiger partial charge in [0.1, 0.15) is 17.6 Å². The molecule has 0 unspecified atom stereocenters. The molecular weight excluding hydrogens is 545 g/mol. The zero-order valence-corrected chi connectivity index (χ0v) is 24.2. The van der Waals surface area contributed by atoms with Crippen LogP contribution in [0.3, 0.4) is 0 Å². The minimum Gasteiger partial charge on any atom is -0.495 e. The van der Waals surface area contributed by atoms with Crippen molar-refractivity contribution in [1.82, 2.24) is 10.2 Å². The summed E-state index contributed by atoms with van der Waals surface area (Å²) >= 11 is 6.20. The monoisotopic (exact) mass is 581 g/mol. The SMILES string of the molecule is COc1ccc(N(CCCC(=O)N(Cc2ccc(F)cc2)[C@@H](C)C(=O)NC2CCCCC2)S(C)(=O)=O)cc1Cl. The highest BCUT2D eigenvalue weighted by atomic mass is 35.5. The summed E-state index contributed by atoms with van der Waals surface area (Å²) in [5.41, 5.74) is 1.05. The van der Waals surface area contributed by atoms with Gasteiger partial charge in [-0.05, 0) is 62.1 Å². The van der Waals surface area contributed by atoms with Gasteiger partial charge in [-0.3, -0.25) is 13.9 Å². The molecule has 0 bridgehead atoms. The largest absolute Gasteiger partial charge is 0.495 e. The highest BCUT2D eigenvalue weighted by Crippen LogP contribution is 2.30. The second-order valence-electron chi connectivity index (χ2n) is 9.93. The van der Waals surface area contributed by atoms with Gasteiger partial charge < -0.3 is 15.0 Å². The minimum absolute atomic E-state index is 0.0121. The van der Waals surface area contributed by atoms with E-state index >= 15 is 0 Å². The third-order valence-corrected chi connectivity index (χ3v) is 8.45. The summed E-state index contributed by atoms with van der Waals surface area (Å²) in [6, 6.07) is 9.81. The average molecular weight is 582 g/mol. The molecule has 1 N–H and O–H groups in total. The predicted octanol–water partition coefficient (Wildman–Crippen LogP) is 4.90. The number of hydrogen-bond donors (Lipinski definition) is 1. The minimum atomic E-state index is -3.66. The maximum absolute atomic E-state index is 13.5. The predicted molar refractivity (Wildman–Crippen MR) is 151 cm³/mol. The molecular formula is C28H37ClFN3O5S. The smallest absolute Gasteiger partial charge is 0.242 e. The summed E-state index contributed by atoms with van der Waals surface area (Å²) in [7, 11) is -2.19. The van der Waals surface area contributed by atoms with E-state index in [4.69, 9.17) is 16.3 Å². The van der Waals surface area contributed by atoms with Crippen LogP contribution in [0.2, 0.25) is 5.02 Å². The molecule has 1 saturated carbocycles. The molecule has 2 aromatic rings. The quantitative estimate of drug-likeness (QED) is 0.385. The zero-order chi connectivity index (χ0) is 28.6. The van der Waals surface area contributed by atoms with Gasteiger partial charge in [0.15, 0.2) is 0 Å². The Balaban J connectivity index is 1.72. The first kappa shape index (κ1) is 30.7. The van der Waals surface area contributed by atoms with Crippen molar-refractivity contribution in [1.29, 1.82) is 0 Å². The molecule has 0 heterocycles. The number of ether oxygens (including phenoxy) is 1. The normalized spacial score (nSPS) is 14.9. The maximum atomic E-state index is 13.5. The Morgan fingerprint density at radius 2 is 1.79 bits per heavy atom. The molecule has 1 atom stereocenters. The molecule has 1 aliphatic rings. The third-order valence-electron chi connectivity index (χ3n) is 6.96. The number of nitrogens with one attached hydrogen (secondary N) is 1. The summed E-state index contributed by atoms with van der Waals surface area (Å²) in [6.07, 6.45) is 6.43. The highest BCUT2D eigenvalue weighted by Gasteiger charge is 2.28. The molecule has 3 rings (SSSR count). The first-order valence-electron chi connectivity index (χ1n) is 13.1. The van der Waals surface area contributed by atoms with E-state index in [-0.39, 0.29) is 54.6 Å². The third kappa shape index (κ3) is 8.83. The molecule has 2 aromatic carbocycles. The lowest BCUT2D eigenvalue weighted by Crippen LogP contribution is -2.50. The number of methoxy groups -OCH3 is 1. The standard InChI is InChI=1S/C28H37ClFN3O5S/c1-20(28(35)31-23-8-5-4-6-9-23)32(19-21-11-13-22(30)14-12-21)27(34)10-7-17-33(39(3,36)37)24-15-16-26(38-2)25(29)18-24/h11-16,18,20,23H,4-10,17,19H2,1-3H3,(H,31,35)/t20-/m0/s1. The van der Waals surface area contributed by atoms with E-state index in [1.165, 1.54) is 34.5 Å². The number of rotatable bonds is 12. The Morgan fingerprint density at radius 3 is 2.38 bits per heavy atom. The summed E-state index contributed by atoms with van der Waals surface area (Å²) in [5.74, 6) is -0.505. The van der Waals surface area contributed by atoms with Crippen molar-refractivity contribution in [2.45, 2.75) is 70.5 Å². The average Bonchev–Trinajstić information content (AvgIpc) is 2.90. The van der Waals surface area contributed by atoms with Crippen LogP contribution in [0.1, 0.15) is 57.4 Å². The molecule has 39 heavy (non-hydrogen) atoms. The lowest BCUT2D eigenvalue weighted by atomic mass is 9.95. The fourth-order valence-electron chi connectivity index (χ4n) is 4.75. The zero-order valence-electron chi connectivity index (χ0n) is 22.7. The Kier molecular flexibility index (Phi) is 11.0. The number of benzene rings is 2. The number of carbonyl (C=O) groups excluding carboxylic acids is 2. The number of amides is 2. The highest BCUT2D eigenvalue weighted by molar-refractivity contribution is 7.92. The number of nitrogens with zero attached hydrogens (tertiary/aromatic N) is 2. The first-order chi connectivity index (χ1) is 18.5. The first-order valence-corrected chi connectivity index (χ1v) is 15.4. The van der Waals surface area contributed by atoms with Crippen LogP contribution in [0.4, 0.5) is 10.1 Å². The topological polar surface area (TPSA) is 96.0 Å². The number of carbonyl (C=O) groups is 2. The number of anilines is 1. The van der Waals surface area contributed by atoms with Crippen LogP contribution in [-0.2, 0) is 26.2 Å². The van der Waals surface area contributed by atoms with Gasteiger partial charge in [0.05, 0.1) is 24.1 Å². The van der Waals surface area contributed by atoms with Crippen LogP contribution in [0.5, 0.6) is 5.75 Å². The van der Waals surface area contributed by atoms with Crippen LogP contribution >= 0.6 is 11.6 Å². The molecule has 0 radical (unpaired) electrons.